The van der Waals surface area contributed by atoms with Crippen LogP contribution in [0.3, 0.4) is 0 Å². The first kappa shape index (κ1) is 22.2. The number of sulfonamides is 1. The number of hydrogen-bond donors (Lipinski definition) is 1. The van der Waals surface area contributed by atoms with Gasteiger partial charge in [0.15, 0.2) is 0 Å². The van der Waals surface area contributed by atoms with Crippen molar-refractivity contribution in [3.8, 4) is 0 Å². The smallest absolute Gasteiger partial charge is 0.251 e. The van der Waals surface area contributed by atoms with E-state index in [9.17, 15) is 13.2 Å². The van der Waals surface area contributed by atoms with Gasteiger partial charge in [0, 0.05) is 37.8 Å². The maximum absolute atomic E-state index is 12.9. The highest BCUT2D eigenvalue weighted by Gasteiger charge is 2.32. The number of carbonyl (C=O) groups excluding carboxylic acids is 1. The van der Waals surface area contributed by atoms with E-state index in [4.69, 9.17) is 4.74 Å². The highest BCUT2D eigenvalue weighted by atomic mass is 32.2. The Hall–Kier alpha value is -1.48. The third kappa shape index (κ3) is 5.57. The van der Waals surface area contributed by atoms with Crippen molar-refractivity contribution in [3.63, 3.8) is 0 Å². The zero-order chi connectivity index (χ0) is 21.0. The number of benzene rings is 1. The SMILES string of the molecule is CCCN1CCC(NC(=O)c2ccc(S(=O)(=O)N3C[C@H](C)O[C@@H](C)C3)cc2)CC1. The van der Waals surface area contributed by atoms with Crippen molar-refractivity contribution in [3.05, 3.63) is 29.8 Å². The summed E-state index contributed by atoms with van der Waals surface area (Å²) >= 11 is 0. The van der Waals surface area contributed by atoms with E-state index in [2.05, 4.69) is 17.1 Å². The Morgan fingerprint density at radius 3 is 2.24 bits per heavy atom. The third-order valence-corrected chi connectivity index (χ3v) is 7.45. The second-order valence-electron chi connectivity index (χ2n) is 8.19. The summed E-state index contributed by atoms with van der Waals surface area (Å²) in [6, 6.07) is 6.43. The fourth-order valence-corrected chi connectivity index (χ4v) is 5.73. The molecular formula is C21H33N3O4S. The zero-order valence-corrected chi connectivity index (χ0v) is 18.5. The maximum atomic E-state index is 12.9. The van der Waals surface area contributed by atoms with Crippen molar-refractivity contribution in [2.45, 2.75) is 63.2 Å². The number of morpholine rings is 1. The van der Waals surface area contributed by atoms with Gasteiger partial charge in [-0.05, 0) is 63.9 Å². The van der Waals surface area contributed by atoms with Gasteiger partial charge in [-0.15, -0.1) is 0 Å². The molecule has 0 aliphatic carbocycles. The van der Waals surface area contributed by atoms with Crippen LogP contribution >= 0.6 is 0 Å². The number of rotatable bonds is 6. The topological polar surface area (TPSA) is 79.0 Å². The summed E-state index contributed by atoms with van der Waals surface area (Å²) in [6.07, 6.45) is 2.77. The van der Waals surface area contributed by atoms with Crippen molar-refractivity contribution < 1.29 is 17.9 Å². The predicted molar refractivity (Wildman–Crippen MR) is 112 cm³/mol. The molecule has 29 heavy (non-hydrogen) atoms. The normalized spacial score (nSPS) is 25.1. The van der Waals surface area contributed by atoms with E-state index in [0.717, 1.165) is 38.9 Å². The van der Waals surface area contributed by atoms with Gasteiger partial charge < -0.3 is 15.0 Å². The second kappa shape index (κ2) is 9.55. The Labute approximate surface area is 174 Å². The Bertz CT molecular complexity index is 779. The molecule has 0 radical (unpaired) electrons. The average molecular weight is 424 g/mol. The number of amides is 1. The fraction of sp³-hybridized carbons (Fsp3) is 0.667. The Morgan fingerprint density at radius 2 is 1.69 bits per heavy atom. The number of piperidine rings is 1. The molecule has 2 saturated heterocycles. The van der Waals surface area contributed by atoms with E-state index in [-0.39, 0.29) is 29.1 Å². The molecule has 162 valence electrons. The number of likely N-dealkylation sites (tertiary alicyclic amines) is 1. The predicted octanol–water partition coefficient (Wildman–Crippen LogP) is 2.09. The van der Waals surface area contributed by atoms with Crippen LogP contribution in [0.1, 0.15) is 50.4 Å². The summed E-state index contributed by atoms with van der Waals surface area (Å²) in [5.74, 6) is -0.142. The molecule has 1 amide bonds. The first-order chi connectivity index (χ1) is 13.8. The van der Waals surface area contributed by atoms with Gasteiger partial charge in [0.05, 0.1) is 17.1 Å². The molecule has 2 aliphatic heterocycles. The van der Waals surface area contributed by atoms with Crippen LogP contribution in [0.5, 0.6) is 0 Å². The van der Waals surface area contributed by atoms with Crippen molar-refractivity contribution in [2.75, 3.05) is 32.7 Å². The molecule has 7 nitrogen and oxygen atoms in total. The molecule has 2 aliphatic rings. The minimum atomic E-state index is -3.59. The number of carbonyl (C=O) groups is 1. The molecule has 8 heteroatoms. The van der Waals surface area contributed by atoms with Gasteiger partial charge in [-0.25, -0.2) is 8.42 Å². The van der Waals surface area contributed by atoms with E-state index in [1.807, 2.05) is 13.8 Å². The van der Waals surface area contributed by atoms with Crippen molar-refractivity contribution in [2.24, 2.45) is 0 Å². The Morgan fingerprint density at radius 1 is 1.10 bits per heavy atom. The van der Waals surface area contributed by atoms with Crippen LogP contribution < -0.4 is 5.32 Å². The fourth-order valence-electron chi connectivity index (χ4n) is 4.14. The summed E-state index contributed by atoms with van der Waals surface area (Å²) in [5, 5.41) is 3.09. The number of nitrogens with one attached hydrogen (secondary N) is 1. The molecule has 2 atom stereocenters. The number of nitrogens with zero attached hydrogens (tertiary/aromatic N) is 2. The lowest BCUT2D eigenvalue weighted by Crippen LogP contribution is -2.48. The van der Waals surface area contributed by atoms with E-state index in [1.54, 1.807) is 12.1 Å². The highest BCUT2D eigenvalue weighted by Crippen LogP contribution is 2.21. The molecule has 1 aromatic carbocycles. The second-order valence-corrected chi connectivity index (χ2v) is 10.1. The third-order valence-electron chi connectivity index (χ3n) is 5.60. The molecular weight excluding hydrogens is 390 g/mol. The van der Waals surface area contributed by atoms with E-state index in [0.29, 0.717) is 18.7 Å². The molecule has 1 N–H and O–H groups in total. The first-order valence-electron chi connectivity index (χ1n) is 10.6. The largest absolute Gasteiger partial charge is 0.373 e. The molecule has 3 rings (SSSR count). The minimum Gasteiger partial charge on any atom is -0.373 e. The maximum Gasteiger partial charge on any atom is 0.251 e. The Kier molecular flexibility index (Phi) is 7.32. The summed E-state index contributed by atoms with van der Waals surface area (Å²) in [5.41, 5.74) is 0.489. The molecule has 0 bridgehead atoms. The molecule has 0 saturated carbocycles. The van der Waals surface area contributed by atoms with Crippen LogP contribution in [0.4, 0.5) is 0 Å². The van der Waals surface area contributed by atoms with Crippen LogP contribution in [0.25, 0.3) is 0 Å². The van der Waals surface area contributed by atoms with Crippen LogP contribution in [0.2, 0.25) is 0 Å². The molecule has 2 fully saturated rings. The molecule has 0 spiro atoms. The van der Waals surface area contributed by atoms with E-state index in [1.165, 1.54) is 16.4 Å². The van der Waals surface area contributed by atoms with Gasteiger partial charge in [-0.1, -0.05) is 6.92 Å². The lowest BCUT2D eigenvalue weighted by molar-refractivity contribution is -0.0440. The van der Waals surface area contributed by atoms with E-state index >= 15 is 0 Å². The average Bonchev–Trinajstić information content (AvgIpc) is 2.69. The van der Waals surface area contributed by atoms with Crippen LogP contribution in [-0.4, -0.2) is 74.5 Å². The first-order valence-corrected chi connectivity index (χ1v) is 12.0. The summed E-state index contributed by atoms with van der Waals surface area (Å²) < 4.78 is 32.9. The summed E-state index contributed by atoms with van der Waals surface area (Å²) in [4.78, 5) is 15.2. The van der Waals surface area contributed by atoms with Gasteiger partial charge in [-0.2, -0.15) is 4.31 Å². The quantitative estimate of drug-likeness (QED) is 0.758. The lowest BCUT2D eigenvalue weighted by Gasteiger charge is -2.34. The van der Waals surface area contributed by atoms with Gasteiger partial charge in [0.1, 0.15) is 0 Å². The minimum absolute atomic E-state index is 0.137. The lowest BCUT2D eigenvalue weighted by atomic mass is 10.0. The molecule has 1 aromatic rings. The molecule has 2 heterocycles. The van der Waals surface area contributed by atoms with Crippen molar-refractivity contribution in [1.82, 2.24) is 14.5 Å². The van der Waals surface area contributed by atoms with E-state index < -0.39 is 10.0 Å². The van der Waals surface area contributed by atoms with Gasteiger partial charge in [0.2, 0.25) is 10.0 Å². The monoisotopic (exact) mass is 423 g/mol. The molecule has 0 unspecified atom stereocenters. The zero-order valence-electron chi connectivity index (χ0n) is 17.6. The van der Waals surface area contributed by atoms with Crippen LogP contribution in [0, 0.1) is 0 Å². The summed E-state index contributed by atoms with van der Waals surface area (Å²) in [7, 11) is -3.59. The molecule has 0 aromatic heterocycles. The van der Waals surface area contributed by atoms with Crippen molar-refractivity contribution >= 4 is 15.9 Å². The standard InChI is InChI=1S/C21H33N3O4S/c1-4-11-23-12-9-19(10-13-23)22-21(25)18-5-7-20(8-6-18)29(26,27)24-14-16(2)28-17(3)15-24/h5-8,16-17,19H,4,9-15H2,1-3H3,(H,22,25)/t16-,17-/m0/s1. The summed E-state index contributed by atoms with van der Waals surface area (Å²) in [6.45, 7) is 9.72. The van der Waals surface area contributed by atoms with Crippen LogP contribution in [-0.2, 0) is 14.8 Å². The number of hydrogen-bond acceptors (Lipinski definition) is 5. The van der Waals surface area contributed by atoms with Gasteiger partial charge in [-0.3, -0.25) is 4.79 Å². The van der Waals surface area contributed by atoms with Crippen molar-refractivity contribution in [1.29, 1.82) is 0 Å². The number of ether oxygens (including phenoxy) is 1. The van der Waals surface area contributed by atoms with Crippen LogP contribution in [0.15, 0.2) is 29.2 Å². The van der Waals surface area contributed by atoms with Gasteiger partial charge in [0.25, 0.3) is 5.91 Å². The Balaban J connectivity index is 1.60. The van der Waals surface area contributed by atoms with Gasteiger partial charge >= 0.3 is 0 Å². The highest BCUT2D eigenvalue weighted by molar-refractivity contribution is 7.89.